The summed E-state index contributed by atoms with van der Waals surface area (Å²) in [4.78, 5) is 2.47. The number of para-hydroxylation sites is 1. The molecule has 5 rings (SSSR count). The quantitative estimate of drug-likeness (QED) is 0.499. The van der Waals surface area contributed by atoms with Crippen LogP contribution in [0.1, 0.15) is 17.5 Å². The highest BCUT2D eigenvalue weighted by molar-refractivity contribution is 5.83. The second kappa shape index (κ2) is 5.94. The Hall–Kier alpha value is -2.78. The van der Waals surface area contributed by atoms with Crippen LogP contribution in [0.2, 0.25) is 0 Å². The standard InChI is InChI=1S/C22H19NO2/c1-2-4-22-20(3-1)19(15-25-22)14-23-10-7-16(8-11-23)17-5-6-21-18(13-17)9-12-24-21/h1-7,9,12-13,15H,8,10-11,14H2. The van der Waals surface area contributed by atoms with Gasteiger partial charge in [-0.2, -0.15) is 0 Å². The molecule has 3 heteroatoms. The Kier molecular flexibility index (Phi) is 3.46. The number of furan rings is 2. The van der Waals surface area contributed by atoms with E-state index in [2.05, 4.69) is 41.3 Å². The number of fused-ring (bicyclic) bond motifs is 2. The van der Waals surface area contributed by atoms with Crippen LogP contribution in [-0.4, -0.2) is 18.0 Å². The molecule has 1 aliphatic heterocycles. The highest BCUT2D eigenvalue weighted by Gasteiger charge is 2.16. The third-order valence-electron chi connectivity index (χ3n) is 5.07. The predicted molar refractivity (Wildman–Crippen MR) is 100 cm³/mol. The minimum Gasteiger partial charge on any atom is -0.464 e. The second-order valence-corrected chi connectivity index (χ2v) is 6.64. The first-order valence-electron chi connectivity index (χ1n) is 8.71. The van der Waals surface area contributed by atoms with Gasteiger partial charge in [0.2, 0.25) is 0 Å². The van der Waals surface area contributed by atoms with Gasteiger partial charge in [-0.15, -0.1) is 0 Å². The first-order valence-corrected chi connectivity index (χ1v) is 8.71. The van der Waals surface area contributed by atoms with Crippen LogP contribution in [0, 0.1) is 0 Å². The molecule has 0 bridgehead atoms. The van der Waals surface area contributed by atoms with Crippen molar-refractivity contribution in [3.63, 3.8) is 0 Å². The smallest absolute Gasteiger partial charge is 0.134 e. The average Bonchev–Trinajstić information content (AvgIpc) is 3.29. The summed E-state index contributed by atoms with van der Waals surface area (Å²) in [6, 6.07) is 16.7. The van der Waals surface area contributed by atoms with Gasteiger partial charge < -0.3 is 8.83 Å². The highest BCUT2D eigenvalue weighted by Crippen LogP contribution is 2.28. The minimum atomic E-state index is 0.932. The maximum Gasteiger partial charge on any atom is 0.134 e. The van der Waals surface area contributed by atoms with Crippen molar-refractivity contribution >= 4 is 27.5 Å². The molecule has 0 saturated heterocycles. The molecule has 25 heavy (non-hydrogen) atoms. The molecule has 0 N–H and O–H groups in total. The van der Waals surface area contributed by atoms with Crippen molar-refractivity contribution in [3.05, 3.63) is 78.3 Å². The predicted octanol–water partition coefficient (Wildman–Crippen LogP) is 5.47. The highest BCUT2D eigenvalue weighted by atomic mass is 16.3. The molecule has 3 heterocycles. The lowest BCUT2D eigenvalue weighted by Gasteiger charge is -2.26. The molecule has 0 aliphatic carbocycles. The van der Waals surface area contributed by atoms with Crippen LogP contribution in [0.25, 0.3) is 27.5 Å². The Bertz CT molecular complexity index is 1070. The number of hydrogen-bond acceptors (Lipinski definition) is 3. The summed E-state index contributed by atoms with van der Waals surface area (Å²) < 4.78 is 11.1. The Balaban J connectivity index is 1.34. The van der Waals surface area contributed by atoms with Crippen LogP contribution in [0.4, 0.5) is 0 Å². The van der Waals surface area contributed by atoms with Gasteiger partial charge in [0.25, 0.3) is 0 Å². The zero-order chi connectivity index (χ0) is 16.6. The van der Waals surface area contributed by atoms with E-state index in [4.69, 9.17) is 8.83 Å². The average molecular weight is 329 g/mol. The minimum absolute atomic E-state index is 0.932. The fourth-order valence-electron chi connectivity index (χ4n) is 3.68. The summed E-state index contributed by atoms with van der Waals surface area (Å²) in [6.07, 6.45) is 7.07. The largest absolute Gasteiger partial charge is 0.464 e. The topological polar surface area (TPSA) is 29.5 Å². The fraction of sp³-hybridized carbons (Fsp3) is 0.182. The van der Waals surface area contributed by atoms with E-state index in [-0.39, 0.29) is 0 Å². The first-order chi connectivity index (χ1) is 12.4. The third kappa shape index (κ3) is 2.67. The van der Waals surface area contributed by atoms with Gasteiger partial charge in [-0.3, -0.25) is 4.90 Å². The van der Waals surface area contributed by atoms with Crippen molar-refractivity contribution in [2.75, 3.05) is 13.1 Å². The van der Waals surface area contributed by atoms with Gasteiger partial charge in [-0.05, 0) is 41.8 Å². The summed E-state index contributed by atoms with van der Waals surface area (Å²) in [5.41, 5.74) is 5.93. The Morgan fingerprint density at radius 2 is 1.92 bits per heavy atom. The molecule has 4 aromatic rings. The molecule has 0 saturated carbocycles. The molecular formula is C22H19NO2. The van der Waals surface area contributed by atoms with Crippen molar-refractivity contribution in [1.82, 2.24) is 4.90 Å². The molecule has 0 spiro atoms. The van der Waals surface area contributed by atoms with E-state index >= 15 is 0 Å². The maximum atomic E-state index is 5.66. The molecule has 0 atom stereocenters. The van der Waals surface area contributed by atoms with E-state index in [0.29, 0.717) is 0 Å². The Morgan fingerprint density at radius 3 is 2.84 bits per heavy atom. The van der Waals surface area contributed by atoms with Crippen LogP contribution < -0.4 is 0 Å². The molecule has 0 radical (unpaired) electrons. The molecule has 124 valence electrons. The van der Waals surface area contributed by atoms with Crippen molar-refractivity contribution in [2.24, 2.45) is 0 Å². The lowest BCUT2D eigenvalue weighted by atomic mass is 9.98. The maximum absolute atomic E-state index is 5.66. The Morgan fingerprint density at radius 1 is 0.960 bits per heavy atom. The number of hydrogen-bond donors (Lipinski definition) is 0. The van der Waals surface area contributed by atoms with E-state index < -0.39 is 0 Å². The van der Waals surface area contributed by atoms with E-state index in [9.17, 15) is 0 Å². The Labute approximate surface area is 146 Å². The molecule has 0 fully saturated rings. The van der Waals surface area contributed by atoms with Gasteiger partial charge in [-0.1, -0.05) is 30.3 Å². The lowest BCUT2D eigenvalue weighted by Crippen LogP contribution is -2.27. The lowest BCUT2D eigenvalue weighted by molar-refractivity contribution is 0.294. The zero-order valence-corrected chi connectivity index (χ0v) is 13.9. The van der Waals surface area contributed by atoms with Gasteiger partial charge in [0, 0.05) is 36.0 Å². The normalized spacial score (nSPS) is 15.8. The van der Waals surface area contributed by atoms with Crippen LogP contribution in [0.15, 0.2) is 76.0 Å². The zero-order valence-electron chi connectivity index (χ0n) is 13.9. The van der Waals surface area contributed by atoms with Gasteiger partial charge in [0.05, 0.1) is 12.5 Å². The van der Waals surface area contributed by atoms with Gasteiger partial charge in [0.15, 0.2) is 0 Å². The van der Waals surface area contributed by atoms with Crippen LogP contribution in [0.3, 0.4) is 0 Å². The van der Waals surface area contributed by atoms with Gasteiger partial charge >= 0.3 is 0 Å². The third-order valence-corrected chi connectivity index (χ3v) is 5.07. The number of rotatable bonds is 3. The van der Waals surface area contributed by atoms with Crippen LogP contribution in [-0.2, 0) is 6.54 Å². The summed E-state index contributed by atoms with van der Waals surface area (Å²) in [7, 11) is 0. The van der Waals surface area contributed by atoms with Gasteiger partial charge in [-0.25, -0.2) is 0 Å². The molecule has 0 amide bonds. The van der Waals surface area contributed by atoms with E-state index in [1.54, 1.807) is 6.26 Å². The van der Waals surface area contributed by atoms with Crippen LogP contribution in [0.5, 0.6) is 0 Å². The van der Waals surface area contributed by atoms with Crippen molar-refractivity contribution in [3.8, 4) is 0 Å². The molecule has 0 unspecified atom stereocenters. The van der Waals surface area contributed by atoms with Crippen molar-refractivity contribution in [1.29, 1.82) is 0 Å². The molecule has 1 aliphatic rings. The second-order valence-electron chi connectivity index (χ2n) is 6.64. The van der Waals surface area contributed by atoms with E-state index in [1.807, 2.05) is 24.5 Å². The summed E-state index contributed by atoms with van der Waals surface area (Å²) >= 11 is 0. The molecule has 2 aromatic heterocycles. The van der Waals surface area contributed by atoms with Crippen molar-refractivity contribution < 1.29 is 8.83 Å². The monoisotopic (exact) mass is 329 g/mol. The van der Waals surface area contributed by atoms with E-state index in [0.717, 1.165) is 37.2 Å². The summed E-state index contributed by atoms with van der Waals surface area (Å²) in [6.45, 7) is 2.97. The van der Waals surface area contributed by atoms with Crippen LogP contribution >= 0.6 is 0 Å². The summed E-state index contributed by atoms with van der Waals surface area (Å²) in [5, 5.41) is 2.40. The fourth-order valence-corrected chi connectivity index (χ4v) is 3.68. The molecule has 3 nitrogen and oxygen atoms in total. The number of nitrogens with zero attached hydrogens (tertiary/aromatic N) is 1. The summed E-state index contributed by atoms with van der Waals surface area (Å²) in [5.74, 6) is 0. The number of benzene rings is 2. The van der Waals surface area contributed by atoms with Gasteiger partial charge in [0.1, 0.15) is 11.2 Å². The molecule has 2 aromatic carbocycles. The van der Waals surface area contributed by atoms with Crippen molar-refractivity contribution in [2.45, 2.75) is 13.0 Å². The molecular weight excluding hydrogens is 310 g/mol. The van der Waals surface area contributed by atoms with E-state index in [1.165, 1.54) is 27.5 Å². The SMILES string of the molecule is C1=C(c2ccc3occc3c2)CCN(Cc2coc3ccccc23)C1. The first kappa shape index (κ1) is 14.6.